The minimum absolute atomic E-state index is 0.157. The van der Waals surface area contributed by atoms with Crippen molar-refractivity contribution in [2.24, 2.45) is 0 Å². The molecule has 34 heavy (non-hydrogen) atoms. The number of halogens is 2. The minimum atomic E-state index is -0.392. The zero-order valence-electron chi connectivity index (χ0n) is 18.7. The molecule has 1 heterocycles. The van der Waals surface area contributed by atoms with Gasteiger partial charge in [-0.05, 0) is 60.5 Å². The first-order chi connectivity index (χ1) is 16.3. The largest absolute Gasteiger partial charge is 0.469 e. The van der Waals surface area contributed by atoms with E-state index in [0.717, 1.165) is 21.2 Å². The predicted octanol–water partition coefficient (Wildman–Crippen LogP) is 6.69. The smallest absolute Gasteiger partial charge is 0.411 e. The molecule has 1 aliphatic rings. The molecule has 0 N–H and O–H groups in total. The van der Waals surface area contributed by atoms with Crippen molar-refractivity contribution >= 4 is 39.6 Å². The zero-order valence-corrected chi connectivity index (χ0v) is 21.0. The number of ether oxygens (including phenoxy) is 3. The molecule has 6 nitrogen and oxygen atoms in total. The molecule has 2 atom stereocenters. The molecule has 176 valence electrons. The molecule has 8 heteroatoms. The van der Waals surface area contributed by atoms with Gasteiger partial charge in [-0.15, -0.1) is 0 Å². The van der Waals surface area contributed by atoms with Crippen LogP contribution in [0.4, 0.5) is 4.79 Å². The lowest BCUT2D eigenvalue weighted by molar-refractivity contribution is -0.139. The van der Waals surface area contributed by atoms with Gasteiger partial charge in [0.2, 0.25) is 0 Å². The van der Waals surface area contributed by atoms with Crippen LogP contribution in [-0.2, 0) is 27.2 Å². The van der Waals surface area contributed by atoms with Crippen LogP contribution in [0.2, 0.25) is 5.02 Å². The average Bonchev–Trinajstić information content (AvgIpc) is 3.10. The summed E-state index contributed by atoms with van der Waals surface area (Å²) in [5, 5.41) is 0.629. The second-order valence-corrected chi connectivity index (χ2v) is 9.33. The molecule has 3 aromatic rings. The molecule has 0 saturated carbocycles. The molecule has 1 saturated heterocycles. The predicted molar refractivity (Wildman–Crippen MR) is 132 cm³/mol. The van der Waals surface area contributed by atoms with E-state index >= 15 is 0 Å². The Hall–Kier alpha value is -3.03. The first-order valence-corrected chi connectivity index (χ1v) is 11.9. The molecular weight excluding hydrogens is 522 g/mol. The van der Waals surface area contributed by atoms with E-state index in [1.165, 1.54) is 7.11 Å². The van der Waals surface area contributed by atoms with Gasteiger partial charge in [0, 0.05) is 15.1 Å². The van der Waals surface area contributed by atoms with Crippen molar-refractivity contribution in [1.29, 1.82) is 0 Å². The zero-order chi connectivity index (χ0) is 24.2. The molecule has 0 aromatic heterocycles. The molecule has 0 aliphatic carbocycles. The van der Waals surface area contributed by atoms with E-state index in [2.05, 4.69) is 15.9 Å². The van der Waals surface area contributed by atoms with Crippen LogP contribution in [0.15, 0.2) is 71.2 Å². The Bertz CT molecular complexity index is 1200. The maximum atomic E-state index is 12.8. The fourth-order valence-electron chi connectivity index (χ4n) is 3.85. The second kappa shape index (κ2) is 10.5. The molecule has 3 aromatic carbocycles. The molecule has 0 radical (unpaired) electrons. The number of carbonyl (C=O) groups is 2. The Kier molecular flexibility index (Phi) is 7.44. The van der Waals surface area contributed by atoms with Gasteiger partial charge in [0.15, 0.2) is 0 Å². The number of hydrogen-bond acceptors (Lipinski definition) is 5. The van der Waals surface area contributed by atoms with Crippen molar-refractivity contribution in [3.8, 4) is 11.5 Å². The van der Waals surface area contributed by atoms with Crippen LogP contribution in [0.5, 0.6) is 11.5 Å². The van der Waals surface area contributed by atoms with Gasteiger partial charge in [-0.2, -0.15) is 0 Å². The highest BCUT2D eigenvalue weighted by Gasteiger charge is 2.40. The van der Waals surface area contributed by atoms with Gasteiger partial charge in [0.05, 0.1) is 26.1 Å². The van der Waals surface area contributed by atoms with Crippen molar-refractivity contribution < 1.29 is 23.8 Å². The molecule has 1 aliphatic heterocycles. The highest BCUT2D eigenvalue weighted by atomic mass is 79.9. The summed E-state index contributed by atoms with van der Waals surface area (Å²) in [4.78, 5) is 26.1. The van der Waals surface area contributed by atoms with Crippen molar-refractivity contribution in [3.63, 3.8) is 0 Å². The summed E-state index contributed by atoms with van der Waals surface area (Å²) in [6, 6.07) is 20.0. The Morgan fingerprint density at radius 2 is 1.88 bits per heavy atom. The van der Waals surface area contributed by atoms with Gasteiger partial charge < -0.3 is 14.2 Å². The summed E-state index contributed by atoms with van der Waals surface area (Å²) >= 11 is 9.51. The number of rotatable bonds is 7. The number of carbonyl (C=O) groups excluding carboxylic acids is 2. The lowest BCUT2D eigenvalue weighted by atomic mass is 10.0. The summed E-state index contributed by atoms with van der Waals surface area (Å²) in [6.07, 6.45) is -0.626. The van der Waals surface area contributed by atoms with E-state index in [0.29, 0.717) is 23.1 Å². The number of nitrogens with zero attached hydrogens (tertiary/aromatic N) is 1. The molecule has 1 fully saturated rings. The SMILES string of the molecule is COC(=O)Cc1cccc(Oc2ccc(Br)cc2CN2C(=O)O[C@@H](c3ccc(Cl)cc3)[C@H]2C)c1. The minimum Gasteiger partial charge on any atom is -0.469 e. The number of benzene rings is 3. The molecule has 0 unspecified atom stereocenters. The van der Waals surface area contributed by atoms with Gasteiger partial charge >= 0.3 is 12.1 Å². The van der Waals surface area contributed by atoms with Gasteiger partial charge in [0.1, 0.15) is 17.6 Å². The number of hydrogen-bond donors (Lipinski definition) is 0. The number of amides is 1. The van der Waals surface area contributed by atoms with Crippen LogP contribution in [0.1, 0.15) is 29.7 Å². The van der Waals surface area contributed by atoms with E-state index in [4.69, 9.17) is 25.8 Å². The van der Waals surface area contributed by atoms with Crippen molar-refractivity contribution in [1.82, 2.24) is 4.90 Å². The molecule has 0 spiro atoms. The second-order valence-electron chi connectivity index (χ2n) is 7.98. The normalized spacial score (nSPS) is 17.4. The van der Waals surface area contributed by atoms with Crippen LogP contribution in [-0.4, -0.2) is 30.1 Å². The molecule has 0 bridgehead atoms. The maximum Gasteiger partial charge on any atom is 0.411 e. The third kappa shape index (κ3) is 5.54. The Balaban J connectivity index is 1.55. The average molecular weight is 545 g/mol. The maximum absolute atomic E-state index is 12.8. The molecular formula is C26H23BrClNO5. The lowest BCUT2D eigenvalue weighted by Crippen LogP contribution is -2.31. The van der Waals surface area contributed by atoms with E-state index in [-0.39, 0.29) is 18.4 Å². The lowest BCUT2D eigenvalue weighted by Gasteiger charge is -2.22. The van der Waals surface area contributed by atoms with Gasteiger partial charge in [-0.25, -0.2) is 4.79 Å². The fraction of sp³-hybridized carbons (Fsp3) is 0.231. The third-order valence-corrected chi connectivity index (χ3v) is 6.40. The van der Waals surface area contributed by atoms with Crippen molar-refractivity contribution in [2.75, 3.05) is 7.11 Å². The Labute approximate surface area is 211 Å². The number of methoxy groups -OCH3 is 1. The van der Waals surface area contributed by atoms with E-state index in [9.17, 15) is 9.59 Å². The molecule has 4 rings (SSSR count). The van der Waals surface area contributed by atoms with Gasteiger partial charge in [-0.3, -0.25) is 9.69 Å². The summed E-state index contributed by atoms with van der Waals surface area (Å²) in [6.45, 7) is 2.26. The van der Waals surface area contributed by atoms with Crippen LogP contribution < -0.4 is 4.74 Å². The van der Waals surface area contributed by atoms with Crippen LogP contribution in [0.25, 0.3) is 0 Å². The summed E-state index contributed by atoms with van der Waals surface area (Å²) in [7, 11) is 1.36. The number of cyclic esters (lactones) is 1. The highest BCUT2D eigenvalue weighted by Crippen LogP contribution is 2.36. The van der Waals surface area contributed by atoms with Crippen LogP contribution in [0.3, 0.4) is 0 Å². The van der Waals surface area contributed by atoms with Crippen molar-refractivity contribution in [3.05, 3.63) is 92.9 Å². The highest BCUT2D eigenvalue weighted by molar-refractivity contribution is 9.10. The van der Waals surface area contributed by atoms with Gasteiger partial charge in [0.25, 0.3) is 0 Å². The summed E-state index contributed by atoms with van der Waals surface area (Å²) in [5.41, 5.74) is 2.49. The molecule has 1 amide bonds. The first kappa shape index (κ1) is 24.1. The first-order valence-electron chi connectivity index (χ1n) is 10.7. The van der Waals surface area contributed by atoms with Crippen LogP contribution >= 0.6 is 27.5 Å². The monoisotopic (exact) mass is 543 g/mol. The standard InChI is InChI=1S/C26H23BrClNO5/c1-16-25(18-6-9-21(28)10-7-18)34-26(31)29(16)15-19-14-20(27)8-11-23(19)33-22-5-3-4-17(12-22)13-24(30)32-2/h3-12,14,16,25H,13,15H2,1-2H3/t16-,25-/m1/s1. The van der Waals surface area contributed by atoms with Crippen molar-refractivity contribution in [2.45, 2.75) is 32.0 Å². The summed E-state index contributed by atoms with van der Waals surface area (Å²) in [5.74, 6) is 0.868. The van der Waals surface area contributed by atoms with Crippen LogP contribution in [0, 0.1) is 0 Å². The Morgan fingerprint density at radius 1 is 1.12 bits per heavy atom. The number of esters is 1. The Morgan fingerprint density at radius 3 is 2.62 bits per heavy atom. The fourth-order valence-corrected chi connectivity index (χ4v) is 4.39. The summed E-state index contributed by atoms with van der Waals surface area (Å²) < 4.78 is 17.5. The van der Waals surface area contributed by atoms with Gasteiger partial charge in [-0.1, -0.05) is 51.8 Å². The van der Waals surface area contributed by atoms with E-state index < -0.39 is 12.2 Å². The third-order valence-electron chi connectivity index (χ3n) is 5.66. The topological polar surface area (TPSA) is 65.1 Å². The van der Waals surface area contributed by atoms with E-state index in [1.54, 1.807) is 23.1 Å². The quantitative estimate of drug-likeness (QED) is 0.310. The van der Waals surface area contributed by atoms with E-state index in [1.807, 2.05) is 55.5 Å².